The molecule has 0 heterocycles. The molecular weight excluding hydrogens is 319 g/mol. The van der Waals surface area contributed by atoms with Crippen LogP contribution < -0.4 is 34.7 Å². The number of aliphatic carboxylic acids is 1. The van der Waals surface area contributed by atoms with Crippen molar-refractivity contribution >= 4 is 5.97 Å². The molecule has 0 radical (unpaired) electrons. The molecule has 0 atom stereocenters. The first-order valence-corrected chi connectivity index (χ1v) is 8.87. The number of carbonyl (C=O) groups excluding carboxylic acids is 1. The average Bonchev–Trinajstić information content (AvgIpc) is 2.56. The first-order valence-electron chi connectivity index (χ1n) is 8.87. The minimum atomic E-state index is -0.991. The Morgan fingerprint density at radius 2 is 0.960 bits per heavy atom. The summed E-state index contributed by atoms with van der Waals surface area (Å²) < 4.78 is 0. The predicted molar refractivity (Wildman–Crippen MR) is 102 cm³/mol. The van der Waals surface area contributed by atoms with Gasteiger partial charge in [-0.2, -0.15) is 0 Å². The Hall–Kier alpha value is -1.09. The third kappa shape index (κ3) is 25.3. The van der Waals surface area contributed by atoms with Crippen molar-refractivity contribution in [2.75, 3.05) is 0 Å². The van der Waals surface area contributed by atoms with Gasteiger partial charge in [-0.1, -0.05) is 79.8 Å². The second kappa shape index (κ2) is 22.9. The van der Waals surface area contributed by atoms with E-state index in [0.717, 1.165) is 38.5 Å². The van der Waals surface area contributed by atoms with Crippen LogP contribution in [0.1, 0.15) is 58.3 Å². The van der Waals surface area contributed by atoms with E-state index < -0.39 is 5.97 Å². The summed E-state index contributed by atoms with van der Waals surface area (Å²) in [5, 5.41) is 10.2. The fourth-order valence-electron chi connectivity index (χ4n) is 1.84. The van der Waals surface area contributed by atoms with Crippen LogP contribution in [0.3, 0.4) is 0 Å². The molecule has 3 heteroatoms. The van der Waals surface area contributed by atoms with E-state index in [1.807, 2.05) is 12.2 Å². The average molecular weight is 350 g/mol. The van der Waals surface area contributed by atoms with Crippen molar-refractivity contribution in [1.82, 2.24) is 0 Å². The number of allylic oxidation sites excluding steroid dienone is 12. The number of carbonyl (C=O) groups is 1. The molecule has 0 spiro atoms. The molecule has 132 valence electrons. The van der Waals surface area contributed by atoms with E-state index in [9.17, 15) is 9.90 Å². The molecule has 0 amide bonds. The fraction of sp³-hybridized carbons (Fsp3) is 0.409. The maximum atomic E-state index is 10.2. The van der Waals surface area contributed by atoms with Crippen molar-refractivity contribution in [3.63, 3.8) is 0 Å². The van der Waals surface area contributed by atoms with E-state index in [1.54, 1.807) is 0 Å². The van der Waals surface area contributed by atoms with Gasteiger partial charge in [-0.3, -0.25) is 0 Å². The van der Waals surface area contributed by atoms with Gasteiger partial charge in [0.1, 0.15) is 0 Å². The van der Waals surface area contributed by atoms with Crippen LogP contribution in [0.15, 0.2) is 72.9 Å². The molecule has 0 aromatic heterocycles. The van der Waals surface area contributed by atoms with Crippen LogP contribution >= 0.6 is 0 Å². The molecule has 0 unspecified atom stereocenters. The standard InChI is InChI=1S/C22H32O2.Na/c1-2-3-4-5-6-7-8-9-10-11-12-13-14-15-16-17-18-19-20-21-22(23)24;/h3-4,6-7,9-10,12-13,15-16,18-19H,2,5,8,11,14,17,20-21H2,1H3,(H,23,24);/q;+1/p-1. The largest absolute Gasteiger partial charge is 1.00 e. The zero-order valence-corrected chi connectivity index (χ0v) is 17.9. The van der Waals surface area contributed by atoms with Crippen LogP contribution in [0.5, 0.6) is 0 Å². The molecule has 0 aliphatic rings. The summed E-state index contributed by atoms with van der Waals surface area (Å²) in [5.74, 6) is -0.991. The third-order valence-electron chi connectivity index (χ3n) is 3.11. The van der Waals surface area contributed by atoms with Crippen LogP contribution in [-0.4, -0.2) is 5.97 Å². The van der Waals surface area contributed by atoms with Crippen LogP contribution in [0.4, 0.5) is 0 Å². The minimum Gasteiger partial charge on any atom is -0.550 e. The molecular formula is C22H31NaO2. The SMILES string of the molecule is CCC=CCC=CCC=CCC=CCC=CCC=CCCC(=O)[O-].[Na+]. The van der Waals surface area contributed by atoms with Gasteiger partial charge in [0.2, 0.25) is 0 Å². The summed E-state index contributed by atoms with van der Waals surface area (Å²) in [6, 6.07) is 0. The second-order valence-electron chi connectivity index (χ2n) is 5.33. The summed E-state index contributed by atoms with van der Waals surface area (Å²) in [5.41, 5.74) is 0. The van der Waals surface area contributed by atoms with Crippen LogP contribution in [0.25, 0.3) is 0 Å². The Balaban J connectivity index is 0. The van der Waals surface area contributed by atoms with Crippen molar-refractivity contribution in [3.8, 4) is 0 Å². The molecule has 0 aromatic rings. The number of carboxylic acid groups (broad SMARTS) is 1. The maximum Gasteiger partial charge on any atom is 1.00 e. The summed E-state index contributed by atoms with van der Waals surface area (Å²) >= 11 is 0. The van der Waals surface area contributed by atoms with Crippen molar-refractivity contribution in [2.24, 2.45) is 0 Å². The first-order chi connectivity index (χ1) is 11.8. The Kier molecular flexibility index (Phi) is 24.0. The number of hydrogen-bond acceptors (Lipinski definition) is 2. The van der Waals surface area contributed by atoms with Crippen molar-refractivity contribution in [1.29, 1.82) is 0 Å². The van der Waals surface area contributed by atoms with Gasteiger partial charge in [0, 0.05) is 5.97 Å². The second-order valence-corrected chi connectivity index (χ2v) is 5.33. The van der Waals surface area contributed by atoms with E-state index in [4.69, 9.17) is 0 Å². The van der Waals surface area contributed by atoms with Gasteiger partial charge in [-0.15, -0.1) is 0 Å². The summed E-state index contributed by atoms with van der Waals surface area (Å²) in [7, 11) is 0. The van der Waals surface area contributed by atoms with Crippen LogP contribution in [0, 0.1) is 0 Å². The molecule has 0 aliphatic carbocycles. The number of rotatable bonds is 14. The van der Waals surface area contributed by atoms with Crippen molar-refractivity contribution in [3.05, 3.63) is 72.9 Å². The molecule has 0 rings (SSSR count). The van der Waals surface area contributed by atoms with Gasteiger partial charge in [0.25, 0.3) is 0 Å². The van der Waals surface area contributed by atoms with E-state index in [0.29, 0.717) is 6.42 Å². The van der Waals surface area contributed by atoms with Gasteiger partial charge in [-0.05, 0) is 51.4 Å². The number of carboxylic acids is 1. The Morgan fingerprint density at radius 3 is 1.28 bits per heavy atom. The Morgan fingerprint density at radius 1 is 0.640 bits per heavy atom. The Labute approximate surface area is 176 Å². The van der Waals surface area contributed by atoms with Gasteiger partial charge >= 0.3 is 29.6 Å². The molecule has 25 heavy (non-hydrogen) atoms. The molecule has 0 saturated carbocycles. The molecule has 0 aliphatic heterocycles. The molecule has 0 fully saturated rings. The van der Waals surface area contributed by atoms with E-state index in [1.165, 1.54) is 0 Å². The minimum absolute atomic E-state index is 0. The first kappa shape index (κ1) is 26.1. The normalized spacial score (nSPS) is 12.5. The fourth-order valence-corrected chi connectivity index (χ4v) is 1.84. The van der Waals surface area contributed by atoms with Crippen LogP contribution in [-0.2, 0) is 4.79 Å². The van der Waals surface area contributed by atoms with Gasteiger partial charge in [0.05, 0.1) is 0 Å². The summed E-state index contributed by atoms with van der Waals surface area (Å²) in [6.07, 6.45) is 32.1. The van der Waals surface area contributed by atoms with Gasteiger partial charge in [0.15, 0.2) is 0 Å². The predicted octanol–water partition coefficient (Wildman–Crippen LogP) is 2.22. The molecule has 0 bridgehead atoms. The van der Waals surface area contributed by atoms with E-state index >= 15 is 0 Å². The molecule has 0 aromatic carbocycles. The maximum absolute atomic E-state index is 10.2. The molecule has 0 N–H and O–H groups in total. The van der Waals surface area contributed by atoms with Gasteiger partial charge in [-0.25, -0.2) is 0 Å². The van der Waals surface area contributed by atoms with Crippen LogP contribution in [0.2, 0.25) is 0 Å². The van der Waals surface area contributed by atoms with Crippen molar-refractivity contribution < 1.29 is 39.5 Å². The van der Waals surface area contributed by atoms with Gasteiger partial charge < -0.3 is 9.90 Å². The quantitative estimate of drug-likeness (QED) is 0.356. The Bertz CT molecular complexity index is 468. The third-order valence-corrected chi connectivity index (χ3v) is 3.11. The summed E-state index contributed by atoms with van der Waals surface area (Å²) in [4.78, 5) is 10.2. The van der Waals surface area contributed by atoms with E-state index in [-0.39, 0.29) is 36.0 Å². The van der Waals surface area contributed by atoms with E-state index in [2.05, 4.69) is 67.7 Å². The zero-order valence-electron chi connectivity index (χ0n) is 15.9. The monoisotopic (exact) mass is 350 g/mol. The smallest absolute Gasteiger partial charge is 0.550 e. The molecule has 2 nitrogen and oxygen atoms in total. The zero-order chi connectivity index (χ0) is 17.7. The topological polar surface area (TPSA) is 40.1 Å². The summed E-state index contributed by atoms with van der Waals surface area (Å²) in [6.45, 7) is 2.15. The van der Waals surface area contributed by atoms with Crippen molar-refractivity contribution in [2.45, 2.75) is 58.3 Å². The number of hydrogen-bond donors (Lipinski definition) is 0. The molecule has 0 saturated heterocycles.